The number of nitrogens with zero attached hydrogens (tertiary/aromatic N) is 1. The Morgan fingerprint density at radius 2 is 1.73 bits per heavy atom. The first kappa shape index (κ1) is 28.8. The number of hydrogen-bond donors (Lipinski definition) is 0. The van der Waals surface area contributed by atoms with Crippen LogP contribution >= 0.6 is 0 Å². The molecule has 1 unspecified atom stereocenters. The predicted molar refractivity (Wildman–Crippen MR) is 129 cm³/mol. The van der Waals surface area contributed by atoms with Gasteiger partial charge in [0.25, 0.3) is 5.91 Å². The third kappa shape index (κ3) is 7.37. The molecular formula is C24H28F3NO7S2. The van der Waals surface area contributed by atoms with Crippen molar-refractivity contribution in [1.29, 1.82) is 0 Å². The molecule has 13 heteroatoms. The van der Waals surface area contributed by atoms with E-state index in [1.165, 1.54) is 37.4 Å². The maximum absolute atomic E-state index is 13.0. The fourth-order valence-corrected chi connectivity index (χ4v) is 6.99. The summed E-state index contributed by atoms with van der Waals surface area (Å²) in [5, 5.41) is 0. The standard InChI is InChI=1S/C24H28F3NO7S2/c1-16(15-37(32,33)20-6-4-5-19(14-20)35-24(25,26)27)17-9-11-28(12-10-17)23(29)18-7-8-21(34-2)22(13-18)36(3,30)31/h4-8,13-14,16-17H,9-12,15H2,1-3H3. The number of benzene rings is 2. The zero-order chi connectivity index (χ0) is 27.6. The monoisotopic (exact) mass is 563 g/mol. The molecule has 0 spiro atoms. The molecule has 2 aromatic carbocycles. The van der Waals surface area contributed by atoms with E-state index in [0.29, 0.717) is 25.9 Å². The molecule has 0 radical (unpaired) electrons. The maximum Gasteiger partial charge on any atom is 0.573 e. The van der Waals surface area contributed by atoms with Gasteiger partial charge < -0.3 is 14.4 Å². The largest absolute Gasteiger partial charge is 0.573 e. The van der Waals surface area contributed by atoms with Crippen molar-refractivity contribution in [2.75, 3.05) is 32.2 Å². The second kappa shape index (κ2) is 10.9. The molecule has 1 saturated heterocycles. The first-order valence-electron chi connectivity index (χ1n) is 11.4. The molecule has 3 rings (SSSR count). The average Bonchev–Trinajstić information content (AvgIpc) is 2.81. The molecule has 0 saturated carbocycles. The van der Waals surface area contributed by atoms with Crippen molar-refractivity contribution in [1.82, 2.24) is 4.90 Å². The molecular weight excluding hydrogens is 535 g/mol. The van der Waals surface area contributed by atoms with Crippen LogP contribution < -0.4 is 9.47 Å². The highest BCUT2D eigenvalue weighted by molar-refractivity contribution is 7.91. The van der Waals surface area contributed by atoms with Gasteiger partial charge in [-0.1, -0.05) is 13.0 Å². The minimum absolute atomic E-state index is 0.0316. The quantitative estimate of drug-likeness (QED) is 0.479. The lowest BCUT2D eigenvalue weighted by atomic mass is 9.86. The Hall–Kier alpha value is -2.80. The summed E-state index contributed by atoms with van der Waals surface area (Å²) in [5.74, 6) is -1.41. The Kier molecular flexibility index (Phi) is 8.47. The summed E-state index contributed by atoms with van der Waals surface area (Å²) >= 11 is 0. The number of methoxy groups -OCH3 is 1. The molecule has 1 heterocycles. The van der Waals surface area contributed by atoms with Crippen LogP contribution in [-0.2, 0) is 19.7 Å². The van der Waals surface area contributed by atoms with E-state index in [-0.39, 0.29) is 44.6 Å². The highest BCUT2D eigenvalue weighted by Crippen LogP contribution is 2.31. The molecule has 1 fully saturated rings. The average molecular weight is 564 g/mol. The number of hydrogen-bond acceptors (Lipinski definition) is 7. The van der Waals surface area contributed by atoms with Gasteiger partial charge in [0.1, 0.15) is 16.4 Å². The highest BCUT2D eigenvalue weighted by atomic mass is 32.2. The smallest absolute Gasteiger partial charge is 0.495 e. The van der Waals surface area contributed by atoms with Gasteiger partial charge in [0, 0.05) is 24.9 Å². The normalized spacial score (nSPS) is 16.3. The molecule has 204 valence electrons. The fourth-order valence-electron chi connectivity index (χ4n) is 4.40. The van der Waals surface area contributed by atoms with Gasteiger partial charge in [0.15, 0.2) is 19.7 Å². The molecule has 0 aliphatic carbocycles. The van der Waals surface area contributed by atoms with E-state index < -0.39 is 31.8 Å². The van der Waals surface area contributed by atoms with Crippen LogP contribution in [0.4, 0.5) is 13.2 Å². The van der Waals surface area contributed by atoms with Crippen molar-refractivity contribution < 1.29 is 44.3 Å². The van der Waals surface area contributed by atoms with Gasteiger partial charge in [0.05, 0.1) is 17.8 Å². The van der Waals surface area contributed by atoms with Crippen molar-refractivity contribution in [3.8, 4) is 11.5 Å². The van der Waals surface area contributed by atoms with E-state index in [0.717, 1.165) is 18.4 Å². The van der Waals surface area contributed by atoms with Crippen LogP contribution in [0.25, 0.3) is 0 Å². The summed E-state index contributed by atoms with van der Waals surface area (Å²) in [4.78, 5) is 14.3. The van der Waals surface area contributed by atoms with Crippen LogP contribution in [0.5, 0.6) is 11.5 Å². The lowest BCUT2D eigenvalue weighted by molar-refractivity contribution is -0.274. The summed E-state index contributed by atoms with van der Waals surface area (Å²) in [6.45, 7) is 2.46. The third-order valence-electron chi connectivity index (χ3n) is 6.32. The Bertz CT molecular complexity index is 1350. The molecule has 1 aliphatic rings. The number of carbonyl (C=O) groups is 1. The number of likely N-dealkylation sites (tertiary alicyclic amines) is 1. The summed E-state index contributed by atoms with van der Waals surface area (Å²) in [7, 11) is -6.16. The number of piperidine rings is 1. The van der Waals surface area contributed by atoms with Crippen LogP contribution in [0, 0.1) is 11.8 Å². The summed E-state index contributed by atoms with van der Waals surface area (Å²) in [6, 6.07) is 8.52. The minimum Gasteiger partial charge on any atom is -0.495 e. The number of ether oxygens (including phenoxy) is 2. The maximum atomic E-state index is 13.0. The third-order valence-corrected chi connectivity index (χ3v) is 9.38. The van der Waals surface area contributed by atoms with Gasteiger partial charge in [-0.05, 0) is 61.1 Å². The Labute approximate surface area is 214 Å². The van der Waals surface area contributed by atoms with Crippen molar-refractivity contribution in [3.05, 3.63) is 48.0 Å². The fraction of sp³-hybridized carbons (Fsp3) is 0.458. The van der Waals surface area contributed by atoms with Gasteiger partial charge in [0.2, 0.25) is 0 Å². The van der Waals surface area contributed by atoms with Gasteiger partial charge in [-0.25, -0.2) is 16.8 Å². The van der Waals surface area contributed by atoms with E-state index in [1.807, 2.05) is 0 Å². The second-order valence-corrected chi connectivity index (χ2v) is 13.1. The first-order chi connectivity index (χ1) is 17.1. The van der Waals surface area contributed by atoms with Crippen LogP contribution in [0.15, 0.2) is 52.3 Å². The van der Waals surface area contributed by atoms with Crippen LogP contribution in [0.3, 0.4) is 0 Å². The van der Waals surface area contributed by atoms with Gasteiger partial charge in [-0.3, -0.25) is 4.79 Å². The summed E-state index contributed by atoms with van der Waals surface area (Å²) in [5.41, 5.74) is 0.205. The zero-order valence-electron chi connectivity index (χ0n) is 20.5. The molecule has 37 heavy (non-hydrogen) atoms. The first-order valence-corrected chi connectivity index (χ1v) is 14.9. The van der Waals surface area contributed by atoms with E-state index >= 15 is 0 Å². The predicted octanol–water partition coefficient (Wildman–Crippen LogP) is 3.96. The zero-order valence-corrected chi connectivity index (χ0v) is 22.1. The summed E-state index contributed by atoms with van der Waals surface area (Å²) < 4.78 is 96.3. The van der Waals surface area contributed by atoms with Crippen LogP contribution in [0.2, 0.25) is 0 Å². The Balaban J connectivity index is 1.64. The minimum atomic E-state index is -4.93. The molecule has 1 amide bonds. The van der Waals surface area contributed by atoms with Crippen molar-refractivity contribution in [2.24, 2.45) is 11.8 Å². The number of carbonyl (C=O) groups excluding carboxylic acids is 1. The number of rotatable bonds is 8. The van der Waals surface area contributed by atoms with Crippen LogP contribution in [0.1, 0.15) is 30.1 Å². The van der Waals surface area contributed by atoms with Crippen molar-refractivity contribution >= 4 is 25.6 Å². The molecule has 0 aromatic heterocycles. The van der Waals surface area contributed by atoms with Crippen molar-refractivity contribution in [3.63, 3.8) is 0 Å². The van der Waals surface area contributed by atoms with Crippen molar-refractivity contribution in [2.45, 2.75) is 35.9 Å². The molecule has 1 aliphatic heterocycles. The van der Waals surface area contributed by atoms with E-state index in [1.54, 1.807) is 11.8 Å². The number of sulfone groups is 2. The number of alkyl halides is 3. The molecule has 2 aromatic rings. The number of halogens is 3. The highest BCUT2D eigenvalue weighted by Gasteiger charge is 2.33. The lowest BCUT2D eigenvalue weighted by Crippen LogP contribution is -2.40. The molecule has 0 bridgehead atoms. The Morgan fingerprint density at radius 3 is 2.30 bits per heavy atom. The van der Waals surface area contributed by atoms with Gasteiger partial charge >= 0.3 is 6.36 Å². The van der Waals surface area contributed by atoms with E-state index in [2.05, 4.69) is 4.74 Å². The van der Waals surface area contributed by atoms with Crippen LogP contribution in [-0.4, -0.2) is 66.2 Å². The number of amides is 1. The molecule has 1 atom stereocenters. The van der Waals surface area contributed by atoms with Gasteiger partial charge in [-0.2, -0.15) is 0 Å². The topological polar surface area (TPSA) is 107 Å². The lowest BCUT2D eigenvalue weighted by Gasteiger charge is -2.35. The Morgan fingerprint density at radius 1 is 1.08 bits per heavy atom. The molecule has 0 N–H and O–H groups in total. The second-order valence-electron chi connectivity index (χ2n) is 9.05. The SMILES string of the molecule is COc1ccc(C(=O)N2CCC(C(C)CS(=O)(=O)c3cccc(OC(F)(F)F)c3)CC2)cc1S(C)(=O)=O. The van der Waals surface area contributed by atoms with Gasteiger partial charge in [-0.15, -0.1) is 13.2 Å². The molecule has 8 nitrogen and oxygen atoms in total. The summed E-state index contributed by atoms with van der Waals surface area (Å²) in [6.07, 6.45) is -2.86. The van der Waals surface area contributed by atoms with E-state index in [9.17, 15) is 34.8 Å². The van der Waals surface area contributed by atoms with E-state index in [4.69, 9.17) is 4.74 Å².